The number of halogens is 1. The highest BCUT2D eigenvalue weighted by Gasteiger charge is 2.27. The number of nitrogens with zero attached hydrogens (tertiary/aromatic N) is 1. The van der Waals surface area contributed by atoms with Gasteiger partial charge in [-0.1, -0.05) is 0 Å². The molecule has 0 spiro atoms. The summed E-state index contributed by atoms with van der Waals surface area (Å²) in [6.45, 7) is 1.99. The lowest BCUT2D eigenvalue weighted by atomic mass is 10.1. The highest BCUT2D eigenvalue weighted by atomic mass is 32.2. The average Bonchev–Trinajstić information content (AvgIpc) is 3.10. The summed E-state index contributed by atoms with van der Waals surface area (Å²) in [7, 11) is -2.40. The number of nitrogens with two attached hydrogens (primary N) is 1. The third-order valence-corrected chi connectivity index (χ3v) is 4.43. The van der Waals surface area contributed by atoms with Crippen LogP contribution in [0.15, 0.2) is 17.0 Å². The van der Waals surface area contributed by atoms with Crippen molar-refractivity contribution in [2.75, 3.05) is 13.6 Å². The number of aryl methyl sites for hydroxylation is 1. The molecule has 1 aliphatic rings. The molecule has 0 aliphatic heterocycles. The molecule has 1 aromatic rings. The molecule has 1 saturated carbocycles. The van der Waals surface area contributed by atoms with Gasteiger partial charge in [-0.2, -0.15) is 0 Å². The molecule has 110 valence electrons. The van der Waals surface area contributed by atoms with Crippen LogP contribution in [-0.2, 0) is 10.0 Å². The Labute approximate surface area is 117 Å². The molecule has 20 heavy (non-hydrogen) atoms. The van der Waals surface area contributed by atoms with E-state index >= 15 is 0 Å². The predicted octanol–water partition coefficient (Wildman–Crippen LogP) is 1.26. The smallest absolute Gasteiger partial charge is 0.256 e. The molecule has 0 aromatic heterocycles. The van der Waals surface area contributed by atoms with Gasteiger partial charge in [0.1, 0.15) is 5.82 Å². The second kappa shape index (κ2) is 5.14. The van der Waals surface area contributed by atoms with Gasteiger partial charge in [-0.05, 0) is 43.4 Å². The highest BCUT2D eigenvalue weighted by molar-refractivity contribution is 7.89. The Kier molecular flexibility index (Phi) is 3.84. The van der Waals surface area contributed by atoms with Crippen molar-refractivity contribution >= 4 is 15.9 Å². The summed E-state index contributed by atoms with van der Waals surface area (Å²) in [4.78, 5) is 13.4. The molecular formula is C13H17FN2O3S. The van der Waals surface area contributed by atoms with E-state index in [9.17, 15) is 17.6 Å². The number of hydrogen-bond acceptors (Lipinski definition) is 3. The molecule has 1 amide bonds. The van der Waals surface area contributed by atoms with E-state index in [0.29, 0.717) is 12.5 Å². The van der Waals surface area contributed by atoms with Crippen molar-refractivity contribution in [2.24, 2.45) is 11.1 Å². The molecule has 0 unspecified atom stereocenters. The first kappa shape index (κ1) is 14.9. The summed E-state index contributed by atoms with van der Waals surface area (Å²) < 4.78 is 36.8. The highest BCUT2D eigenvalue weighted by Crippen LogP contribution is 2.30. The van der Waals surface area contributed by atoms with Gasteiger partial charge >= 0.3 is 0 Å². The molecule has 2 rings (SSSR count). The molecule has 0 bridgehead atoms. The van der Waals surface area contributed by atoms with Crippen molar-refractivity contribution in [3.05, 3.63) is 29.1 Å². The Morgan fingerprint density at radius 2 is 2.05 bits per heavy atom. The third kappa shape index (κ3) is 3.16. The van der Waals surface area contributed by atoms with E-state index in [2.05, 4.69) is 0 Å². The lowest BCUT2D eigenvalue weighted by Crippen LogP contribution is -2.30. The normalized spacial score (nSPS) is 15.2. The van der Waals surface area contributed by atoms with Crippen LogP contribution in [0.5, 0.6) is 0 Å². The minimum absolute atomic E-state index is 0.186. The Bertz CT molecular complexity index is 654. The molecule has 1 fully saturated rings. The second-order valence-electron chi connectivity index (χ2n) is 5.27. The van der Waals surface area contributed by atoms with Crippen molar-refractivity contribution in [1.29, 1.82) is 0 Å². The van der Waals surface area contributed by atoms with Crippen LogP contribution in [0.2, 0.25) is 0 Å². The van der Waals surface area contributed by atoms with E-state index in [1.54, 1.807) is 7.05 Å². The van der Waals surface area contributed by atoms with E-state index in [1.165, 1.54) is 11.8 Å². The largest absolute Gasteiger partial charge is 0.341 e. The number of carbonyl (C=O) groups excluding carboxylic acids is 1. The zero-order valence-corrected chi connectivity index (χ0v) is 12.2. The number of hydrogen-bond donors (Lipinski definition) is 1. The summed E-state index contributed by atoms with van der Waals surface area (Å²) in [6, 6.07) is 2.05. The number of benzene rings is 1. The fraction of sp³-hybridized carbons (Fsp3) is 0.462. The van der Waals surface area contributed by atoms with Gasteiger partial charge in [-0.3, -0.25) is 4.79 Å². The topological polar surface area (TPSA) is 80.5 Å². The Balaban J connectivity index is 2.37. The fourth-order valence-electron chi connectivity index (χ4n) is 2.10. The summed E-state index contributed by atoms with van der Waals surface area (Å²) in [5, 5.41) is 5.07. The molecule has 0 heterocycles. The Morgan fingerprint density at radius 1 is 1.45 bits per heavy atom. The lowest BCUT2D eigenvalue weighted by molar-refractivity contribution is 0.0783. The number of sulfonamides is 1. The van der Waals surface area contributed by atoms with Gasteiger partial charge < -0.3 is 4.90 Å². The average molecular weight is 300 g/mol. The first-order valence-corrected chi connectivity index (χ1v) is 7.83. The quantitative estimate of drug-likeness (QED) is 0.909. The van der Waals surface area contributed by atoms with E-state index in [1.807, 2.05) is 0 Å². The predicted molar refractivity (Wildman–Crippen MR) is 72.2 cm³/mol. The molecule has 5 nitrogen and oxygen atoms in total. The van der Waals surface area contributed by atoms with E-state index in [4.69, 9.17) is 5.14 Å². The van der Waals surface area contributed by atoms with Crippen LogP contribution in [0.1, 0.15) is 28.8 Å². The van der Waals surface area contributed by atoms with Crippen LogP contribution < -0.4 is 5.14 Å². The number of primary sulfonamides is 1. The summed E-state index contributed by atoms with van der Waals surface area (Å²) >= 11 is 0. The monoisotopic (exact) mass is 300 g/mol. The summed E-state index contributed by atoms with van der Waals surface area (Å²) in [6.07, 6.45) is 2.13. The van der Waals surface area contributed by atoms with Crippen molar-refractivity contribution in [1.82, 2.24) is 4.90 Å². The zero-order valence-electron chi connectivity index (χ0n) is 11.4. The van der Waals surface area contributed by atoms with Gasteiger partial charge in [-0.15, -0.1) is 0 Å². The molecule has 0 atom stereocenters. The maximum Gasteiger partial charge on any atom is 0.256 e. The lowest BCUT2D eigenvalue weighted by Gasteiger charge is -2.18. The molecular weight excluding hydrogens is 283 g/mol. The molecule has 1 aliphatic carbocycles. The summed E-state index contributed by atoms with van der Waals surface area (Å²) in [5.41, 5.74) is -0.0748. The molecule has 0 saturated heterocycles. The maximum absolute atomic E-state index is 13.9. The van der Waals surface area contributed by atoms with Crippen molar-refractivity contribution in [3.63, 3.8) is 0 Å². The van der Waals surface area contributed by atoms with Crippen molar-refractivity contribution < 1.29 is 17.6 Å². The van der Waals surface area contributed by atoms with Crippen LogP contribution in [0, 0.1) is 18.7 Å². The van der Waals surface area contributed by atoms with Crippen LogP contribution >= 0.6 is 0 Å². The van der Waals surface area contributed by atoms with Crippen LogP contribution in [0.4, 0.5) is 4.39 Å². The van der Waals surface area contributed by atoms with Gasteiger partial charge in [0.15, 0.2) is 0 Å². The minimum Gasteiger partial charge on any atom is -0.341 e. The van der Waals surface area contributed by atoms with Gasteiger partial charge in [0, 0.05) is 13.6 Å². The van der Waals surface area contributed by atoms with Crippen molar-refractivity contribution in [2.45, 2.75) is 24.7 Å². The van der Waals surface area contributed by atoms with Gasteiger partial charge in [0.2, 0.25) is 10.0 Å². The first-order valence-electron chi connectivity index (χ1n) is 6.28. The minimum atomic E-state index is -3.98. The third-order valence-electron chi connectivity index (χ3n) is 3.38. The number of amides is 1. The number of carbonyl (C=O) groups is 1. The van der Waals surface area contributed by atoms with E-state index in [0.717, 1.165) is 25.0 Å². The van der Waals surface area contributed by atoms with Crippen molar-refractivity contribution in [3.8, 4) is 0 Å². The van der Waals surface area contributed by atoms with Gasteiger partial charge in [-0.25, -0.2) is 17.9 Å². The SMILES string of the molecule is Cc1cc(F)c(C(=O)N(C)CC2CC2)cc1S(N)(=O)=O. The van der Waals surface area contributed by atoms with Gasteiger partial charge in [0.25, 0.3) is 5.91 Å². The Hall–Kier alpha value is -1.47. The molecule has 0 radical (unpaired) electrons. The van der Waals surface area contributed by atoms with Gasteiger partial charge in [0.05, 0.1) is 10.5 Å². The van der Waals surface area contributed by atoms with E-state index in [-0.39, 0.29) is 16.0 Å². The maximum atomic E-state index is 13.9. The molecule has 1 aromatic carbocycles. The fourth-order valence-corrected chi connectivity index (χ4v) is 2.89. The summed E-state index contributed by atoms with van der Waals surface area (Å²) in [5.74, 6) is -0.794. The Morgan fingerprint density at radius 3 is 2.55 bits per heavy atom. The second-order valence-corrected chi connectivity index (χ2v) is 6.80. The first-order chi connectivity index (χ1) is 9.20. The molecule has 7 heteroatoms. The number of rotatable bonds is 4. The molecule has 2 N–H and O–H groups in total. The standard InChI is InChI=1S/C13H17FN2O3S/c1-8-5-11(14)10(6-12(8)20(15,18)19)13(17)16(2)7-9-3-4-9/h5-6,9H,3-4,7H2,1-2H3,(H2,15,18,19). The van der Waals surface area contributed by atoms with E-state index < -0.39 is 21.7 Å². The zero-order chi connectivity index (χ0) is 15.1. The van der Waals surface area contributed by atoms with Crippen LogP contribution in [0.3, 0.4) is 0 Å². The van der Waals surface area contributed by atoms with Crippen LogP contribution in [0.25, 0.3) is 0 Å². The van der Waals surface area contributed by atoms with Crippen LogP contribution in [-0.4, -0.2) is 32.8 Å².